The fraction of sp³-hybridized carbons (Fsp3) is 0.316. The average Bonchev–Trinajstić information content (AvgIpc) is 3.38. The number of rotatable bonds is 5. The van der Waals surface area contributed by atoms with Crippen molar-refractivity contribution >= 4 is 34.0 Å². The minimum absolute atomic E-state index is 0.0446. The van der Waals surface area contributed by atoms with E-state index in [1.807, 2.05) is 53.4 Å². The Morgan fingerprint density at radius 1 is 1.22 bits per heavy atom. The second-order valence-electron chi connectivity index (χ2n) is 6.59. The van der Waals surface area contributed by atoms with Crippen molar-refractivity contribution < 1.29 is 4.79 Å². The predicted octanol–water partition coefficient (Wildman–Crippen LogP) is 3.52. The van der Waals surface area contributed by atoms with Gasteiger partial charge in [-0.05, 0) is 42.7 Å². The minimum Gasteiger partial charge on any atom is -0.352 e. The van der Waals surface area contributed by atoms with Crippen molar-refractivity contribution in [3.63, 3.8) is 0 Å². The number of nitrogens with zero attached hydrogens (tertiary/aromatic N) is 4. The van der Waals surface area contributed by atoms with Crippen molar-refractivity contribution in [3.05, 3.63) is 59.4 Å². The number of benzene rings is 1. The molecule has 1 N–H and O–H groups in total. The van der Waals surface area contributed by atoms with Gasteiger partial charge in [-0.25, -0.2) is 0 Å². The molecule has 0 aliphatic carbocycles. The van der Waals surface area contributed by atoms with Gasteiger partial charge in [-0.2, -0.15) is 0 Å². The van der Waals surface area contributed by atoms with E-state index in [-0.39, 0.29) is 11.8 Å². The average molecular weight is 402 g/mol. The fourth-order valence-electron chi connectivity index (χ4n) is 3.25. The first-order valence-corrected chi connectivity index (χ1v) is 10.1. The van der Waals surface area contributed by atoms with Crippen molar-refractivity contribution in [2.45, 2.75) is 19.4 Å². The lowest BCUT2D eigenvalue weighted by molar-refractivity contribution is -0.125. The molecule has 6 nitrogen and oxygen atoms in total. The topological polar surface area (TPSA) is 63.1 Å². The van der Waals surface area contributed by atoms with Gasteiger partial charge in [-0.3, -0.25) is 9.36 Å². The van der Waals surface area contributed by atoms with Crippen LogP contribution in [0, 0.1) is 5.92 Å². The quantitative estimate of drug-likeness (QED) is 0.710. The zero-order valence-electron chi connectivity index (χ0n) is 14.7. The van der Waals surface area contributed by atoms with E-state index in [4.69, 9.17) is 11.6 Å². The molecule has 1 atom stereocenters. The molecule has 0 spiro atoms. The number of carbonyl (C=O) groups excluding carboxylic acids is 1. The number of piperidine rings is 1. The molecule has 140 valence electrons. The van der Waals surface area contributed by atoms with Gasteiger partial charge in [0.1, 0.15) is 0 Å². The Labute approximate surface area is 166 Å². The zero-order valence-corrected chi connectivity index (χ0v) is 16.3. The third-order valence-corrected chi connectivity index (χ3v) is 5.88. The van der Waals surface area contributed by atoms with Gasteiger partial charge in [-0.15, -0.1) is 10.2 Å². The molecule has 1 fully saturated rings. The number of halogens is 1. The van der Waals surface area contributed by atoms with E-state index >= 15 is 0 Å². The molecule has 1 aromatic carbocycles. The molecule has 3 heterocycles. The number of carbonyl (C=O) groups is 1. The molecule has 0 radical (unpaired) electrons. The highest BCUT2D eigenvalue weighted by Gasteiger charge is 2.27. The zero-order chi connectivity index (χ0) is 18.6. The first-order valence-electron chi connectivity index (χ1n) is 8.93. The Morgan fingerprint density at radius 3 is 2.85 bits per heavy atom. The molecule has 3 aromatic rings. The third kappa shape index (κ3) is 4.31. The van der Waals surface area contributed by atoms with Crippen LogP contribution in [-0.2, 0) is 11.3 Å². The smallest absolute Gasteiger partial charge is 0.225 e. The minimum atomic E-state index is -0.0446. The number of aromatic nitrogens is 3. The van der Waals surface area contributed by atoms with Gasteiger partial charge in [-0.1, -0.05) is 35.1 Å². The van der Waals surface area contributed by atoms with Crippen LogP contribution in [0.2, 0.25) is 5.02 Å². The molecular formula is C19H20ClN5OS. The van der Waals surface area contributed by atoms with Gasteiger partial charge in [0.25, 0.3) is 0 Å². The van der Waals surface area contributed by atoms with E-state index in [9.17, 15) is 4.79 Å². The number of anilines is 1. The van der Waals surface area contributed by atoms with Crippen molar-refractivity contribution in [1.29, 1.82) is 0 Å². The predicted molar refractivity (Wildman–Crippen MR) is 107 cm³/mol. The number of hydrogen-bond acceptors (Lipinski definition) is 5. The molecule has 27 heavy (non-hydrogen) atoms. The second-order valence-corrected chi connectivity index (χ2v) is 7.96. The van der Waals surface area contributed by atoms with Crippen LogP contribution >= 0.6 is 22.9 Å². The molecule has 8 heteroatoms. The Hall–Kier alpha value is -2.38. The molecule has 2 aromatic heterocycles. The number of hydrogen-bond donors (Lipinski definition) is 1. The largest absolute Gasteiger partial charge is 0.352 e. The molecular weight excluding hydrogens is 382 g/mol. The molecule has 1 aliphatic heterocycles. The van der Waals surface area contributed by atoms with Crippen molar-refractivity contribution in [2.24, 2.45) is 5.92 Å². The van der Waals surface area contributed by atoms with Crippen LogP contribution in [0.4, 0.5) is 5.13 Å². The number of nitrogens with one attached hydrogen (secondary N) is 1. The summed E-state index contributed by atoms with van der Waals surface area (Å²) in [5.74, 6) is 0.0340. The van der Waals surface area contributed by atoms with Crippen LogP contribution in [-0.4, -0.2) is 33.8 Å². The fourth-order valence-corrected chi connectivity index (χ4v) is 4.31. The van der Waals surface area contributed by atoms with Gasteiger partial charge < -0.3 is 10.2 Å². The standard InChI is InChI=1S/C19H20ClN5OS/c20-16-7-3-5-14(11-16)12-21-17(26)15-6-4-10-25(13-15)19-23-22-18(27-19)24-8-1-2-9-24/h1-3,5,7-9,11,15H,4,6,10,12-13H2,(H,21,26). The number of amides is 1. The molecule has 1 aliphatic rings. The molecule has 0 bridgehead atoms. The van der Waals surface area contributed by atoms with E-state index in [0.717, 1.165) is 35.2 Å². The lowest BCUT2D eigenvalue weighted by Gasteiger charge is -2.31. The van der Waals surface area contributed by atoms with E-state index < -0.39 is 0 Å². The Bertz CT molecular complexity index is 910. The van der Waals surface area contributed by atoms with E-state index in [1.54, 1.807) is 11.3 Å². The molecule has 0 saturated carbocycles. The lowest BCUT2D eigenvalue weighted by Crippen LogP contribution is -2.43. The molecule has 1 saturated heterocycles. The van der Waals surface area contributed by atoms with E-state index in [0.29, 0.717) is 18.1 Å². The van der Waals surface area contributed by atoms with Crippen molar-refractivity contribution in [1.82, 2.24) is 20.1 Å². The summed E-state index contributed by atoms with van der Waals surface area (Å²) >= 11 is 7.54. The highest BCUT2D eigenvalue weighted by molar-refractivity contribution is 7.17. The summed E-state index contributed by atoms with van der Waals surface area (Å²) in [5, 5.41) is 14.0. The summed E-state index contributed by atoms with van der Waals surface area (Å²) in [5.41, 5.74) is 1.00. The highest BCUT2D eigenvalue weighted by Crippen LogP contribution is 2.28. The Balaban J connectivity index is 1.37. The molecule has 1 amide bonds. The van der Waals surface area contributed by atoms with Crippen LogP contribution in [0.5, 0.6) is 0 Å². The summed E-state index contributed by atoms with van der Waals surface area (Å²) in [4.78, 5) is 14.8. The first kappa shape index (κ1) is 18.0. The highest BCUT2D eigenvalue weighted by atomic mass is 35.5. The molecule has 4 rings (SSSR count). The van der Waals surface area contributed by atoms with Gasteiger partial charge >= 0.3 is 0 Å². The lowest BCUT2D eigenvalue weighted by atomic mass is 9.97. The normalized spacial score (nSPS) is 17.1. The van der Waals surface area contributed by atoms with Crippen LogP contribution < -0.4 is 10.2 Å². The third-order valence-electron chi connectivity index (χ3n) is 4.65. The summed E-state index contributed by atoms with van der Waals surface area (Å²) in [6, 6.07) is 11.5. The van der Waals surface area contributed by atoms with Crippen LogP contribution in [0.3, 0.4) is 0 Å². The van der Waals surface area contributed by atoms with Crippen LogP contribution in [0.1, 0.15) is 18.4 Å². The van der Waals surface area contributed by atoms with E-state index in [1.165, 1.54) is 0 Å². The maximum atomic E-state index is 12.6. The summed E-state index contributed by atoms with van der Waals surface area (Å²) < 4.78 is 1.94. The summed E-state index contributed by atoms with van der Waals surface area (Å²) in [6.45, 7) is 2.06. The van der Waals surface area contributed by atoms with Crippen LogP contribution in [0.15, 0.2) is 48.8 Å². The summed E-state index contributed by atoms with van der Waals surface area (Å²) in [6.07, 6.45) is 5.76. The van der Waals surface area contributed by atoms with Gasteiger partial charge in [0, 0.05) is 37.1 Å². The second kappa shape index (κ2) is 8.10. The van der Waals surface area contributed by atoms with Crippen molar-refractivity contribution in [3.8, 4) is 5.13 Å². The maximum Gasteiger partial charge on any atom is 0.225 e. The van der Waals surface area contributed by atoms with E-state index in [2.05, 4.69) is 20.4 Å². The SMILES string of the molecule is O=C(NCc1cccc(Cl)c1)C1CCCN(c2nnc(-n3cccc3)s2)C1. The Kier molecular flexibility index (Phi) is 5.40. The Morgan fingerprint density at radius 2 is 2.04 bits per heavy atom. The summed E-state index contributed by atoms with van der Waals surface area (Å²) in [7, 11) is 0. The van der Waals surface area contributed by atoms with Gasteiger partial charge in [0.2, 0.25) is 16.2 Å². The van der Waals surface area contributed by atoms with Gasteiger partial charge in [0.05, 0.1) is 5.92 Å². The monoisotopic (exact) mass is 401 g/mol. The van der Waals surface area contributed by atoms with Crippen LogP contribution in [0.25, 0.3) is 5.13 Å². The van der Waals surface area contributed by atoms with Crippen molar-refractivity contribution in [2.75, 3.05) is 18.0 Å². The maximum absolute atomic E-state index is 12.6. The van der Waals surface area contributed by atoms with Gasteiger partial charge in [0.15, 0.2) is 0 Å². The molecule has 1 unspecified atom stereocenters. The first-order chi connectivity index (χ1) is 13.2.